The number of H-pyrrole nitrogens is 1. The fourth-order valence-corrected chi connectivity index (χ4v) is 2.70. The van der Waals surface area contributed by atoms with Crippen molar-refractivity contribution in [2.45, 2.75) is 6.42 Å². The molecule has 130 valence electrons. The summed E-state index contributed by atoms with van der Waals surface area (Å²) in [5.41, 5.74) is 3.09. The van der Waals surface area contributed by atoms with Crippen molar-refractivity contribution in [2.24, 2.45) is 7.05 Å². The monoisotopic (exact) mass is 347 g/mol. The second-order valence-electron chi connectivity index (χ2n) is 5.89. The molecule has 4 aromatic rings. The van der Waals surface area contributed by atoms with E-state index in [1.54, 1.807) is 16.8 Å². The zero-order valence-corrected chi connectivity index (χ0v) is 14.2. The van der Waals surface area contributed by atoms with Gasteiger partial charge in [0, 0.05) is 31.1 Å². The number of rotatable bonds is 5. The molecule has 0 spiro atoms. The summed E-state index contributed by atoms with van der Waals surface area (Å²) in [5, 5.41) is 18.0. The summed E-state index contributed by atoms with van der Waals surface area (Å²) in [6, 6.07) is 15.1. The van der Waals surface area contributed by atoms with Crippen LogP contribution in [-0.2, 0) is 13.5 Å². The SMILES string of the molecule is Cn1nnc2cc(C(=O)NCCc3nc(-c4ccccc4)n[nH]3)ccc21. The van der Waals surface area contributed by atoms with Crippen molar-refractivity contribution in [1.82, 2.24) is 35.5 Å². The third kappa shape index (κ3) is 3.16. The van der Waals surface area contributed by atoms with E-state index in [-0.39, 0.29) is 5.91 Å². The van der Waals surface area contributed by atoms with Gasteiger partial charge < -0.3 is 5.32 Å². The van der Waals surface area contributed by atoms with Crippen LogP contribution in [0.25, 0.3) is 22.4 Å². The maximum Gasteiger partial charge on any atom is 0.251 e. The van der Waals surface area contributed by atoms with Crippen LogP contribution in [0, 0.1) is 0 Å². The zero-order chi connectivity index (χ0) is 17.9. The molecular weight excluding hydrogens is 330 g/mol. The Balaban J connectivity index is 1.36. The van der Waals surface area contributed by atoms with Crippen molar-refractivity contribution in [3.63, 3.8) is 0 Å². The van der Waals surface area contributed by atoms with E-state index >= 15 is 0 Å². The molecule has 0 atom stereocenters. The number of aromatic nitrogens is 6. The van der Waals surface area contributed by atoms with E-state index in [0.29, 0.717) is 29.9 Å². The lowest BCUT2D eigenvalue weighted by atomic mass is 10.2. The third-order valence-electron chi connectivity index (χ3n) is 4.08. The molecule has 2 aromatic heterocycles. The van der Waals surface area contributed by atoms with Crippen LogP contribution >= 0.6 is 0 Å². The van der Waals surface area contributed by atoms with Gasteiger partial charge in [0.25, 0.3) is 5.91 Å². The quantitative estimate of drug-likeness (QED) is 0.572. The number of nitrogens with zero attached hydrogens (tertiary/aromatic N) is 5. The Morgan fingerprint density at radius 3 is 2.88 bits per heavy atom. The summed E-state index contributed by atoms with van der Waals surface area (Å²) < 4.78 is 1.67. The van der Waals surface area contributed by atoms with Gasteiger partial charge in [0.1, 0.15) is 11.3 Å². The average Bonchev–Trinajstić information content (AvgIpc) is 3.29. The van der Waals surface area contributed by atoms with Crippen molar-refractivity contribution in [3.8, 4) is 11.4 Å². The standard InChI is InChI=1S/C18H17N7O/c1-25-15-8-7-13(11-14(15)21-24-25)18(26)19-10-9-16-20-17(23-22-16)12-5-3-2-4-6-12/h2-8,11H,9-10H2,1H3,(H,19,26)(H,20,22,23). The summed E-state index contributed by atoms with van der Waals surface area (Å²) in [4.78, 5) is 16.8. The van der Waals surface area contributed by atoms with Gasteiger partial charge in [0.05, 0.1) is 5.52 Å². The third-order valence-corrected chi connectivity index (χ3v) is 4.08. The van der Waals surface area contributed by atoms with Gasteiger partial charge in [0.2, 0.25) is 0 Å². The van der Waals surface area contributed by atoms with E-state index in [1.165, 1.54) is 0 Å². The molecule has 0 fully saturated rings. The van der Waals surface area contributed by atoms with Crippen molar-refractivity contribution in [1.29, 1.82) is 0 Å². The van der Waals surface area contributed by atoms with Crippen LogP contribution in [-0.4, -0.2) is 42.6 Å². The molecule has 26 heavy (non-hydrogen) atoms. The van der Waals surface area contributed by atoms with Crippen LogP contribution in [0.5, 0.6) is 0 Å². The molecule has 0 aliphatic carbocycles. The maximum absolute atomic E-state index is 12.3. The van der Waals surface area contributed by atoms with Crippen molar-refractivity contribution in [3.05, 3.63) is 59.9 Å². The molecule has 2 N–H and O–H groups in total. The van der Waals surface area contributed by atoms with Gasteiger partial charge in [-0.2, -0.15) is 5.10 Å². The lowest BCUT2D eigenvalue weighted by Crippen LogP contribution is -2.25. The lowest BCUT2D eigenvalue weighted by molar-refractivity contribution is 0.0954. The molecule has 0 unspecified atom stereocenters. The molecule has 0 aliphatic heterocycles. The van der Waals surface area contributed by atoms with Gasteiger partial charge in [0.15, 0.2) is 5.82 Å². The number of fused-ring (bicyclic) bond motifs is 1. The van der Waals surface area contributed by atoms with E-state index in [0.717, 1.165) is 16.9 Å². The second kappa shape index (κ2) is 6.75. The number of benzene rings is 2. The maximum atomic E-state index is 12.3. The Kier molecular flexibility index (Phi) is 4.14. The number of hydrogen-bond donors (Lipinski definition) is 2. The van der Waals surface area contributed by atoms with Crippen LogP contribution in [0.15, 0.2) is 48.5 Å². The van der Waals surface area contributed by atoms with Crippen LogP contribution in [0.3, 0.4) is 0 Å². The first-order valence-corrected chi connectivity index (χ1v) is 8.25. The van der Waals surface area contributed by atoms with Gasteiger partial charge in [-0.3, -0.25) is 9.89 Å². The van der Waals surface area contributed by atoms with Gasteiger partial charge in [-0.15, -0.1) is 5.10 Å². The molecule has 0 radical (unpaired) electrons. The minimum atomic E-state index is -0.152. The molecule has 2 heterocycles. The topological polar surface area (TPSA) is 101 Å². The molecular formula is C18H17N7O. The number of hydrogen-bond acceptors (Lipinski definition) is 5. The molecule has 0 saturated heterocycles. The Morgan fingerprint density at radius 1 is 1.19 bits per heavy atom. The summed E-state index contributed by atoms with van der Waals surface area (Å²) in [6.45, 7) is 0.459. The zero-order valence-electron chi connectivity index (χ0n) is 14.2. The molecule has 8 nitrogen and oxygen atoms in total. The minimum absolute atomic E-state index is 0.152. The largest absolute Gasteiger partial charge is 0.352 e. The lowest BCUT2D eigenvalue weighted by Gasteiger charge is -2.04. The van der Waals surface area contributed by atoms with E-state index in [2.05, 4.69) is 30.8 Å². The molecule has 0 aliphatic rings. The Labute approximate surface area is 149 Å². The number of carbonyl (C=O) groups is 1. The average molecular weight is 347 g/mol. The number of carbonyl (C=O) groups excluding carboxylic acids is 1. The highest BCUT2D eigenvalue weighted by molar-refractivity contribution is 5.97. The van der Waals surface area contributed by atoms with Crippen LogP contribution in [0.2, 0.25) is 0 Å². The highest BCUT2D eigenvalue weighted by atomic mass is 16.1. The highest BCUT2D eigenvalue weighted by Gasteiger charge is 2.10. The smallest absolute Gasteiger partial charge is 0.251 e. The first-order valence-electron chi connectivity index (χ1n) is 8.25. The molecule has 2 aromatic carbocycles. The van der Waals surface area contributed by atoms with E-state index in [9.17, 15) is 4.79 Å². The van der Waals surface area contributed by atoms with Gasteiger partial charge in [-0.05, 0) is 18.2 Å². The highest BCUT2D eigenvalue weighted by Crippen LogP contribution is 2.14. The second-order valence-corrected chi connectivity index (χ2v) is 5.89. The van der Waals surface area contributed by atoms with E-state index < -0.39 is 0 Å². The van der Waals surface area contributed by atoms with E-state index in [4.69, 9.17) is 0 Å². The summed E-state index contributed by atoms with van der Waals surface area (Å²) in [7, 11) is 1.82. The first kappa shape index (κ1) is 15.9. The van der Waals surface area contributed by atoms with Gasteiger partial charge >= 0.3 is 0 Å². The number of nitrogens with one attached hydrogen (secondary N) is 2. The summed E-state index contributed by atoms with van der Waals surface area (Å²) >= 11 is 0. The fraction of sp³-hybridized carbons (Fsp3) is 0.167. The number of aryl methyl sites for hydroxylation is 1. The van der Waals surface area contributed by atoms with Crippen LogP contribution < -0.4 is 5.32 Å². The number of amides is 1. The minimum Gasteiger partial charge on any atom is -0.352 e. The van der Waals surface area contributed by atoms with Gasteiger partial charge in [-0.25, -0.2) is 9.67 Å². The molecule has 1 amide bonds. The first-order chi connectivity index (χ1) is 12.7. The van der Waals surface area contributed by atoms with Crippen LogP contribution in [0.4, 0.5) is 0 Å². The normalized spacial score (nSPS) is 11.0. The fourth-order valence-electron chi connectivity index (χ4n) is 2.70. The van der Waals surface area contributed by atoms with E-state index in [1.807, 2.05) is 43.4 Å². The predicted octanol–water partition coefficient (Wildman–Crippen LogP) is 1.73. The Morgan fingerprint density at radius 2 is 2.04 bits per heavy atom. The number of aromatic amines is 1. The van der Waals surface area contributed by atoms with Crippen molar-refractivity contribution < 1.29 is 4.79 Å². The van der Waals surface area contributed by atoms with Gasteiger partial charge in [-0.1, -0.05) is 35.5 Å². The summed E-state index contributed by atoms with van der Waals surface area (Å²) in [5.74, 6) is 1.23. The molecule has 0 saturated carbocycles. The Hall–Kier alpha value is -3.55. The van der Waals surface area contributed by atoms with Crippen molar-refractivity contribution >= 4 is 16.9 Å². The summed E-state index contributed by atoms with van der Waals surface area (Å²) in [6.07, 6.45) is 0.568. The van der Waals surface area contributed by atoms with Crippen molar-refractivity contribution in [2.75, 3.05) is 6.54 Å². The molecule has 8 heteroatoms. The Bertz CT molecular complexity index is 1050. The van der Waals surface area contributed by atoms with Crippen LogP contribution in [0.1, 0.15) is 16.2 Å². The molecule has 0 bridgehead atoms. The predicted molar refractivity (Wildman–Crippen MR) is 96.4 cm³/mol. The molecule has 4 rings (SSSR count).